The lowest BCUT2D eigenvalue weighted by atomic mass is 9.59. The molecule has 2 saturated carbocycles. The van der Waals surface area contributed by atoms with Crippen molar-refractivity contribution in [2.75, 3.05) is 0 Å². The largest absolute Gasteiger partial charge is 0.299 e. The van der Waals surface area contributed by atoms with Crippen molar-refractivity contribution >= 4 is 5.78 Å². The molecule has 0 aromatic rings. The topological polar surface area (TPSA) is 17.1 Å². The number of carbonyl (C=O) groups excluding carboxylic acids is 1. The molecule has 0 N–H and O–H groups in total. The summed E-state index contributed by atoms with van der Waals surface area (Å²) in [6.07, 6.45) is 5.97. The first-order chi connectivity index (χ1) is 6.58. The van der Waals surface area contributed by atoms with Crippen molar-refractivity contribution in [3.63, 3.8) is 0 Å². The Hall–Kier alpha value is -0.590. The first kappa shape index (κ1) is 9.95. The number of rotatable bonds is 3. The van der Waals surface area contributed by atoms with E-state index in [0.29, 0.717) is 11.7 Å². The zero-order valence-electron chi connectivity index (χ0n) is 9.52. The molecule has 0 unspecified atom stereocenters. The van der Waals surface area contributed by atoms with Gasteiger partial charge in [-0.25, -0.2) is 0 Å². The van der Waals surface area contributed by atoms with Gasteiger partial charge in [-0.05, 0) is 38.5 Å². The Bertz CT molecular complexity index is 286. The first-order valence-electron chi connectivity index (χ1n) is 5.81. The highest BCUT2D eigenvalue weighted by molar-refractivity contribution is 5.87. The molecule has 0 atom stereocenters. The molecule has 78 valence electrons. The minimum atomic E-state index is -0.0139. The van der Waals surface area contributed by atoms with E-state index in [4.69, 9.17) is 0 Å². The summed E-state index contributed by atoms with van der Waals surface area (Å²) in [6, 6.07) is 0. The van der Waals surface area contributed by atoms with Gasteiger partial charge in [0, 0.05) is 0 Å². The summed E-state index contributed by atoms with van der Waals surface area (Å²) in [4.78, 5) is 11.8. The molecule has 2 aliphatic carbocycles. The van der Waals surface area contributed by atoms with Crippen molar-refractivity contribution in [3.8, 4) is 0 Å². The van der Waals surface area contributed by atoms with E-state index in [1.54, 1.807) is 12.5 Å². The van der Waals surface area contributed by atoms with Gasteiger partial charge in [0.15, 0.2) is 0 Å². The first-order valence-corrected chi connectivity index (χ1v) is 5.81. The molecule has 0 saturated heterocycles. The van der Waals surface area contributed by atoms with Crippen LogP contribution in [0.3, 0.4) is 0 Å². The maximum absolute atomic E-state index is 11.8. The van der Waals surface area contributed by atoms with Gasteiger partial charge in [-0.1, -0.05) is 31.4 Å². The van der Waals surface area contributed by atoms with E-state index < -0.39 is 0 Å². The van der Waals surface area contributed by atoms with Crippen molar-refractivity contribution in [1.82, 2.24) is 0 Å². The zero-order valence-corrected chi connectivity index (χ0v) is 9.52. The molecular weight excluding hydrogens is 172 g/mol. The highest BCUT2D eigenvalue weighted by atomic mass is 16.1. The lowest BCUT2D eigenvalue weighted by Gasteiger charge is -2.43. The number of Topliss-reactive ketones (excluding diaryl/α,β-unsaturated/α-hetero) is 1. The lowest BCUT2D eigenvalue weighted by Crippen LogP contribution is -2.40. The van der Waals surface area contributed by atoms with Crippen LogP contribution in [0, 0.1) is 11.3 Å². The van der Waals surface area contributed by atoms with Gasteiger partial charge in [0.25, 0.3) is 0 Å². The molecular formula is C13H20O. The predicted molar refractivity (Wildman–Crippen MR) is 58.1 cm³/mol. The molecule has 0 aliphatic heterocycles. The monoisotopic (exact) mass is 192 g/mol. The Balaban J connectivity index is 2.34. The Morgan fingerprint density at radius 1 is 1.29 bits per heavy atom. The summed E-state index contributed by atoms with van der Waals surface area (Å²) in [5.41, 5.74) is 3.09. The fraction of sp³-hybridized carbons (Fsp3) is 0.769. The van der Waals surface area contributed by atoms with Crippen LogP contribution < -0.4 is 0 Å². The second-order valence-electron chi connectivity index (χ2n) is 5.16. The Morgan fingerprint density at radius 2 is 1.86 bits per heavy atom. The average Bonchev–Trinajstić information content (AvgIpc) is 2.76. The van der Waals surface area contributed by atoms with Crippen molar-refractivity contribution in [3.05, 3.63) is 11.1 Å². The summed E-state index contributed by atoms with van der Waals surface area (Å²) >= 11 is 0. The zero-order chi connectivity index (χ0) is 10.3. The van der Waals surface area contributed by atoms with Gasteiger partial charge in [-0.15, -0.1) is 0 Å². The molecule has 0 aromatic carbocycles. The van der Waals surface area contributed by atoms with Gasteiger partial charge in [-0.3, -0.25) is 4.79 Å². The maximum atomic E-state index is 11.8. The number of allylic oxidation sites excluding steroid dienone is 2. The molecule has 1 heteroatoms. The third kappa shape index (κ3) is 1.34. The van der Waals surface area contributed by atoms with Gasteiger partial charge in [0.05, 0.1) is 5.41 Å². The highest BCUT2D eigenvalue weighted by Crippen LogP contribution is 2.54. The van der Waals surface area contributed by atoms with Gasteiger partial charge in [0.2, 0.25) is 0 Å². The van der Waals surface area contributed by atoms with Gasteiger partial charge in [-0.2, -0.15) is 0 Å². The predicted octanol–water partition coefficient (Wildman–Crippen LogP) is 3.49. The molecule has 2 rings (SSSR count). The van der Waals surface area contributed by atoms with Crippen LogP contribution >= 0.6 is 0 Å². The Morgan fingerprint density at radius 3 is 2.07 bits per heavy atom. The molecule has 0 bridgehead atoms. The summed E-state index contributed by atoms with van der Waals surface area (Å²) < 4.78 is 0. The number of carbonyl (C=O) groups is 1. The molecule has 0 aromatic heterocycles. The summed E-state index contributed by atoms with van der Waals surface area (Å²) in [5, 5.41) is 0. The van der Waals surface area contributed by atoms with E-state index in [0.717, 1.165) is 12.8 Å². The molecule has 14 heavy (non-hydrogen) atoms. The average molecular weight is 192 g/mol. The standard InChI is InChI=1S/C13H20O/c1-9(2)12(11-5-6-11)13(10(3)14)7-4-8-13/h9H,4-8H2,1-3H3. The fourth-order valence-corrected chi connectivity index (χ4v) is 2.97. The summed E-state index contributed by atoms with van der Waals surface area (Å²) in [5.74, 6) is 0.976. The van der Waals surface area contributed by atoms with E-state index in [1.165, 1.54) is 24.8 Å². The van der Waals surface area contributed by atoms with Gasteiger partial charge < -0.3 is 0 Å². The van der Waals surface area contributed by atoms with Crippen LogP contribution in [0.1, 0.15) is 52.9 Å². The van der Waals surface area contributed by atoms with Crippen LogP contribution in [0.15, 0.2) is 11.1 Å². The number of hydrogen-bond donors (Lipinski definition) is 0. The third-order valence-electron chi connectivity index (χ3n) is 3.85. The molecule has 0 amide bonds. The second kappa shape index (κ2) is 3.22. The van der Waals surface area contributed by atoms with Crippen LogP contribution in [0.2, 0.25) is 0 Å². The van der Waals surface area contributed by atoms with Crippen LogP contribution in [0.25, 0.3) is 0 Å². The SMILES string of the molecule is CC(=O)C1(C(=C2CC2)C(C)C)CCC1. The quantitative estimate of drug-likeness (QED) is 0.625. The minimum Gasteiger partial charge on any atom is -0.299 e. The van der Waals surface area contributed by atoms with Crippen LogP contribution in [0.5, 0.6) is 0 Å². The van der Waals surface area contributed by atoms with E-state index in [1.807, 2.05) is 0 Å². The van der Waals surface area contributed by atoms with Crippen molar-refractivity contribution in [2.45, 2.75) is 52.9 Å². The van der Waals surface area contributed by atoms with Crippen LogP contribution in [-0.2, 0) is 4.79 Å². The van der Waals surface area contributed by atoms with Crippen molar-refractivity contribution < 1.29 is 4.79 Å². The Labute approximate surface area is 86.6 Å². The molecule has 0 spiro atoms. The molecule has 2 fully saturated rings. The molecule has 1 nitrogen and oxygen atoms in total. The second-order valence-corrected chi connectivity index (χ2v) is 5.16. The number of hydrogen-bond acceptors (Lipinski definition) is 1. The van der Waals surface area contributed by atoms with Crippen molar-refractivity contribution in [2.24, 2.45) is 11.3 Å². The fourth-order valence-electron chi connectivity index (χ4n) is 2.97. The van der Waals surface area contributed by atoms with E-state index in [-0.39, 0.29) is 5.41 Å². The normalized spacial score (nSPS) is 23.3. The summed E-state index contributed by atoms with van der Waals surface area (Å²) in [7, 11) is 0. The highest BCUT2D eigenvalue weighted by Gasteiger charge is 2.47. The third-order valence-corrected chi connectivity index (χ3v) is 3.85. The maximum Gasteiger partial charge on any atom is 0.140 e. The van der Waals surface area contributed by atoms with E-state index in [9.17, 15) is 4.79 Å². The Kier molecular flexibility index (Phi) is 2.29. The summed E-state index contributed by atoms with van der Waals surface area (Å²) in [6.45, 7) is 6.26. The lowest BCUT2D eigenvalue weighted by molar-refractivity contribution is -0.128. The van der Waals surface area contributed by atoms with E-state index >= 15 is 0 Å². The van der Waals surface area contributed by atoms with Gasteiger partial charge in [0.1, 0.15) is 5.78 Å². The van der Waals surface area contributed by atoms with Crippen LogP contribution in [-0.4, -0.2) is 5.78 Å². The van der Waals surface area contributed by atoms with Crippen molar-refractivity contribution in [1.29, 1.82) is 0 Å². The smallest absolute Gasteiger partial charge is 0.140 e. The minimum absolute atomic E-state index is 0.0139. The molecule has 0 heterocycles. The number of ketones is 1. The molecule has 0 radical (unpaired) electrons. The van der Waals surface area contributed by atoms with Crippen LogP contribution in [0.4, 0.5) is 0 Å². The molecule has 2 aliphatic rings. The van der Waals surface area contributed by atoms with Gasteiger partial charge >= 0.3 is 0 Å². The van der Waals surface area contributed by atoms with E-state index in [2.05, 4.69) is 13.8 Å².